The molecule has 1 aromatic carbocycles. The van der Waals surface area contributed by atoms with Gasteiger partial charge in [-0.2, -0.15) is 5.10 Å². The zero-order valence-electron chi connectivity index (χ0n) is 13.5. The van der Waals surface area contributed by atoms with Gasteiger partial charge >= 0.3 is 0 Å². The smallest absolute Gasteiger partial charge is 0.233 e. The first-order chi connectivity index (χ1) is 11.2. The summed E-state index contributed by atoms with van der Waals surface area (Å²) >= 11 is 0. The summed E-state index contributed by atoms with van der Waals surface area (Å²) in [5.41, 5.74) is 2.17. The van der Waals surface area contributed by atoms with Gasteiger partial charge < -0.3 is 4.90 Å². The molecule has 0 spiro atoms. The molecule has 1 saturated carbocycles. The minimum atomic E-state index is -0.268. The maximum absolute atomic E-state index is 13.2. The molecule has 1 atom stereocenters. The average molecular weight is 310 g/mol. The highest BCUT2D eigenvalue weighted by Crippen LogP contribution is 2.51. The lowest BCUT2D eigenvalue weighted by Crippen LogP contribution is -2.45. The van der Waals surface area contributed by atoms with E-state index in [4.69, 9.17) is 0 Å². The summed E-state index contributed by atoms with van der Waals surface area (Å²) < 4.78 is 1.90. The van der Waals surface area contributed by atoms with E-state index in [1.165, 1.54) is 11.1 Å². The number of carbonyl (C=O) groups is 1. The number of hydrogen-bond acceptors (Lipinski definition) is 3. The van der Waals surface area contributed by atoms with Crippen molar-refractivity contribution >= 4 is 5.91 Å². The van der Waals surface area contributed by atoms with Crippen LogP contribution in [0.4, 0.5) is 0 Å². The Labute approximate surface area is 136 Å². The molecule has 1 aromatic heterocycles. The molecule has 2 heterocycles. The molecular weight excluding hydrogens is 288 g/mol. The molecule has 1 amide bonds. The van der Waals surface area contributed by atoms with E-state index in [0.29, 0.717) is 5.91 Å². The highest BCUT2D eigenvalue weighted by molar-refractivity contribution is 5.91. The van der Waals surface area contributed by atoms with Crippen LogP contribution in [0.25, 0.3) is 0 Å². The summed E-state index contributed by atoms with van der Waals surface area (Å²) in [6.45, 7) is 3.71. The topological polar surface area (TPSA) is 51.0 Å². The van der Waals surface area contributed by atoms with E-state index in [9.17, 15) is 4.79 Å². The van der Waals surface area contributed by atoms with Crippen LogP contribution in [-0.4, -0.2) is 38.7 Å². The Kier molecular flexibility index (Phi) is 3.43. The van der Waals surface area contributed by atoms with Crippen molar-refractivity contribution in [3.8, 4) is 0 Å². The minimum absolute atomic E-state index is 0.253. The maximum atomic E-state index is 13.2. The first-order valence-corrected chi connectivity index (χ1v) is 8.40. The summed E-state index contributed by atoms with van der Waals surface area (Å²) in [7, 11) is 0. The number of amides is 1. The van der Waals surface area contributed by atoms with Gasteiger partial charge in [-0.1, -0.05) is 24.3 Å². The van der Waals surface area contributed by atoms with E-state index >= 15 is 0 Å². The standard InChI is InChI=1S/C18H22N4O/c1-14-5-2-3-7-16(14)18(8-9-18)17(23)21-10-4-6-15(11-21)22-13-19-12-20-22/h2-3,5,7,12-13,15H,4,6,8-11H2,1H3/t15-/m1/s1. The van der Waals surface area contributed by atoms with Crippen LogP contribution in [-0.2, 0) is 10.2 Å². The first kappa shape index (κ1) is 14.4. The van der Waals surface area contributed by atoms with E-state index in [2.05, 4.69) is 34.0 Å². The van der Waals surface area contributed by atoms with E-state index < -0.39 is 0 Å². The van der Waals surface area contributed by atoms with Crippen LogP contribution in [0.1, 0.15) is 42.9 Å². The number of carbonyl (C=O) groups excluding carboxylic acids is 1. The van der Waals surface area contributed by atoms with Crippen LogP contribution in [0.15, 0.2) is 36.9 Å². The number of aryl methyl sites for hydroxylation is 1. The third kappa shape index (κ3) is 2.44. The van der Waals surface area contributed by atoms with Crippen LogP contribution in [0.3, 0.4) is 0 Å². The molecule has 0 radical (unpaired) electrons. The number of likely N-dealkylation sites (tertiary alicyclic amines) is 1. The molecule has 2 aliphatic rings. The summed E-state index contributed by atoms with van der Waals surface area (Å²) in [5, 5.41) is 4.25. The molecule has 1 aliphatic carbocycles. The molecule has 2 aromatic rings. The first-order valence-electron chi connectivity index (χ1n) is 8.40. The molecular formula is C18H22N4O. The van der Waals surface area contributed by atoms with Gasteiger partial charge in [0.1, 0.15) is 12.7 Å². The molecule has 2 fully saturated rings. The molecule has 120 valence electrons. The van der Waals surface area contributed by atoms with Crippen LogP contribution in [0, 0.1) is 6.92 Å². The predicted molar refractivity (Wildman–Crippen MR) is 87.0 cm³/mol. The van der Waals surface area contributed by atoms with Crippen molar-refractivity contribution in [1.82, 2.24) is 19.7 Å². The molecule has 0 N–H and O–H groups in total. The van der Waals surface area contributed by atoms with E-state index in [1.54, 1.807) is 12.7 Å². The van der Waals surface area contributed by atoms with Crippen molar-refractivity contribution in [2.24, 2.45) is 0 Å². The Morgan fingerprint density at radius 2 is 2.13 bits per heavy atom. The highest BCUT2D eigenvalue weighted by Gasteiger charge is 2.53. The van der Waals surface area contributed by atoms with Crippen LogP contribution >= 0.6 is 0 Å². The monoisotopic (exact) mass is 310 g/mol. The van der Waals surface area contributed by atoms with E-state index in [-0.39, 0.29) is 11.5 Å². The third-order valence-corrected chi connectivity index (χ3v) is 5.31. The summed E-state index contributed by atoms with van der Waals surface area (Å²) in [5.74, 6) is 0.302. The van der Waals surface area contributed by atoms with Crippen LogP contribution in [0.5, 0.6) is 0 Å². The van der Waals surface area contributed by atoms with Gasteiger partial charge in [0.2, 0.25) is 5.91 Å². The number of aromatic nitrogens is 3. The number of benzene rings is 1. The number of nitrogens with zero attached hydrogens (tertiary/aromatic N) is 4. The van der Waals surface area contributed by atoms with Crippen LogP contribution < -0.4 is 0 Å². The van der Waals surface area contributed by atoms with Gasteiger partial charge in [0.25, 0.3) is 0 Å². The second-order valence-electron chi connectivity index (χ2n) is 6.82. The van der Waals surface area contributed by atoms with E-state index in [0.717, 1.165) is 38.8 Å². The predicted octanol–water partition coefficient (Wildman–Crippen LogP) is 2.48. The summed E-state index contributed by atoms with van der Waals surface area (Å²) in [6, 6.07) is 8.57. The quantitative estimate of drug-likeness (QED) is 0.875. The SMILES string of the molecule is Cc1ccccc1C1(C(=O)N2CCC[C@@H](n3cncn3)C2)CC1. The lowest BCUT2D eigenvalue weighted by atomic mass is 9.89. The van der Waals surface area contributed by atoms with Gasteiger partial charge in [0.15, 0.2) is 0 Å². The second kappa shape index (κ2) is 5.48. The Balaban J connectivity index is 1.56. The Morgan fingerprint density at radius 3 is 2.83 bits per heavy atom. The van der Waals surface area contributed by atoms with Crippen LogP contribution in [0.2, 0.25) is 0 Å². The minimum Gasteiger partial charge on any atom is -0.340 e. The molecule has 4 rings (SSSR count). The fraction of sp³-hybridized carbons (Fsp3) is 0.500. The Bertz CT molecular complexity index is 706. The Morgan fingerprint density at radius 1 is 1.30 bits per heavy atom. The van der Waals surface area contributed by atoms with Gasteiger partial charge in [0, 0.05) is 13.1 Å². The molecule has 0 unspecified atom stereocenters. The Hall–Kier alpha value is -2.17. The van der Waals surface area contributed by atoms with Crippen molar-refractivity contribution in [2.75, 3.05) is 13.1 Å². The van der Waals surface area contributed by atoms with E-state index in [1.807, 2.05) is 16.8 Å². The normalized spacial score (nSPS) is 22.8. The average Bonchev–Trinajstić information content (AvgIpc) is 3.20. The van der Waals surface area contributed by atoms with Gasteiger partial charge in [-0.05, 0) is 43.7 Å². The fourth-order valence-electron chi connectivity index (χ4n) is 3.90. The molecule has 1 saturated heterocycles. The maximum Gasteiger partial charge on any atom is 0.233 e. The molecule has 1 aliphatic heterocycles. The second-order valence-corrected chi connectivity index (χ2v) is 6.82. The van der Waals surface area contributed by atoms with Crippen molar-refractivity contribution in [3.63, 3.8) is 0 Å². The number of hydrogen-bond donors (Lipinski definition) is 0. The number of piperidine rings is 1. The molecule has 23 heavy (non-hydrogen) atoms. The van der Waals surface area contributed by atoms with Gasteiger partial charge in [-0.3, -0.25) is 4.79 Å². The lowest BCUT2D eigenvalue weighted by Gasteiger charge is -2.35. The fourth-order valence-corrected chi connectivity index (χ4v) is 3.90. The van der Waals surface area contributed by atoms with Crippen molar-refractivity contribution in [3.05, 3.63) is 48.0 Å². The van der Waals surface area contributed by atoms with Crippen molar-refractivity contribution in [2.45, 2.75) is 44.1 Å². The van der Waals surface area contributed by atoms with Gasteiger partial charge in [0.05, 0.1) is 11.5 Å². The zero-order chi connectivity index (χ0) is 15.9. The van der Waals surface area contributed by atoms with Gasteiger partial charge in [-0.15, -0.1) is 0 Å². The largest absolute Gasteiger partial charge is 0.340 e. The summed E-state index contributed by atoms with van der Waals surface area (Å²) in [4.78, 5) is 19.3. The van der Waals surface area contributed by atoms with Gasteiger partial charge in [-0.25, -0.2) is 9.67 Å². The zero-order valence-corrected chi connectivity index (χ0v) is 13.5. The third-order valence-electron chi connectivity index (χ3n) is 5.31. The lowest BCUT2D eigenvalue weighted by molar-refractivity contribution is -0.135. The highest BCUT2D eigenvalue weighted by atomic mass is 16.2. The van der Waals surface area contributed by atoms with Crippen molar-refractivity contribution in [1.29, 1.82) is 0 Å². The molecule has 0 bridgehead atoms. The van der Waals surface area contributed by atoms with Crippen molar-refractivity contribution < 1.29 is 4.79 Å². The molecule has 5 nitrogen and oxygen atoms in total. The molecule has 5 heteroatoms. The summed E-state index contributed by atoms with van der Waals surface area (Å²) in [6.07, 6.45) is 7.36. The number of rotatable bonds is 3.